The molecular formula is C24H18BrFO3S. The van der Waals surface area contributed by atoms with Crippen LogP contribution in [0.3, 0.4) is 0 Å². The molecule has 30 heavy (non-hydrogen) atoms. The van der Waals surface area contributed by atoms with Crippen molar-refractivity contribution in [3.8, 4) is 11.5 Å². The van der Waals surface area contributed by atoms with Gasteiger partial charge in [0.2, 0.25) is 5.78 Å². The van der Waals surface area contributed by atoms with Crippen molar-refractivity contribution in [2.75, 3.05) is 6.61 Å². The number of hydrogen-bond acceptors (Lipinski definition) is 4. The SMILES string of the molecule is CCOc1cc(/C=C2/Sc3ccccc3C2=O)cc(Br)c1OCc1ccc(F)cc1. The van der Waals surface area contributed by atoms with Gasteiger partial charge in [-0.2, -0.15) is 0 Å². The predicted octanol–water partition coefficient (Wildman–Crippen LogP) is 6.90. The van der Waals surface area contributed by atoms with Gasteiger partial charge in [0, 0.05) is 10.5 Å². The molecule has 0 radical (unpaired) electrons. The monoisotopic (exact) mass is 484 g/mol. The molecule has 1 heterocycles. The van der Waals surface area contributed by atoms with Gasteiger partial charge >= 0.3 is 0 Å². The van der Waals surface area contributed by atoms with Crippen LogP contribution >= 0.6 is 27.7 Å². The molecule has 3 aromatic carbocycles. The van der Waals surface area contributed by atoms with E-state index in [1.54, 1.807) is 12.1 Å². The average molecular weight is 485 g/mol. The highest BCUT2D eigenvalue weighted by Crippen LogP contribution is 2.42. The Morgan fingerprint density at radius 3 is 2.57 bits per heavy atom. The number of rotatable bonds is 6. The smallest absolute Gasteiger partial charge is 0.200 e. The zero-order valence-electron chi connectivity index (χ0n) is 16.2. The number of thioether (sulfide) groups is 1. The summed E-state index contributed by atoms with van der Waals surface area (Å²) in [6, 6.07) is 17.5. The molecule has 0 atom stereocenters. The Bertz CT molecular complexity index is 1130. The summed E-state index contributed by atoms with van der Waals surface area (Å²) >= 11 is 5.03. The van der Waals surface area contributed by atoms with Gasteiger partial charge in [0.05, 0.1) is 16.0 Å². The van der Waals surface area contributed by atoms with E-state index in [-0.39, 0.29) is 18.2 Å². The summed E-state index contributed by atoms with van der Waals surface area (Å²) in [5.41, 5.74) is 2.42. The Morgan fingerprint density at radius 1 is 1.07 bits per heavy atom. The second-order valence-electron chi connectivity index (χ2n) is 6.61. The van der Waals surface area contributed by atoms with Crippen molar-refractivity contribution >= 4 is 39.6 Å². The molecule has 0 N–H and O–H groups in total. The molecule has 6 heteroatoms. The van der Waals surface area contributed by atoms with Gasteiger partial charge < -0.3 is 9.47 Å². The van der Waals surface area contributed by atoms with Gasteiger partial charge in [-0.1, -0.05) is 36.0 Å². The molecule has 4 rings (SSSR count). The minimum absolute atomic E-state index is 0.0290. The second-order valence-corrected chi connectivity index (χ2v) is 8.55. The summed E-state index contributed by atoms with van der Waals surface area (Å²) in [5, 5.41) is 0. The third kappa shape index (κ3) is 4.45. The maximum absolute atomic E-state index is 13.1. The number of carbonyl (C=O) groups is 1. The molecule has 0 aliphatic carbocycles. The summed E-state index contributed by atoms with van der Waals surface area (Å²) in [7, 11) is 0. The fraction of sp³-hybridized carbons (Fsp3) is 0.125. The van der Waals surface area contributed by atoms with Crippen LogP contribution in [0.5, 0.6) is 11.5 Å². The first-order valence-corrected chi connectivity index (χ1v) is 11.0. The Morgan fingerprint density at radius 2 is 1.83 bits per heavy atom. The molecule has 0 amide bonds. The van der Waals surface area contributed by atoms with E-state index < -0.39 is 0 Å². The molecule has 0 unspecified atom stereocenters. The minimum atomic E-state index is -0.284. The van der Waals surface area contributed by atoms with E-state index >= 15 is 0 Å². The molecule has 0 saturated heterocycles. The number of allylic oxidation sites excluding steroid dienone is 1. The fourth-order valence-corrected chi connectivity index (χ4v) is 4.72. The quantitative estimate of drug-likeness (QED) is 0.356. The van der Waals surface area contributed by atoms with Gasteiger partial charge in [0.15, 0.2) is 11.5 Å². The molecule has 1 aliphatic rings. The highest BCUT2D eigenvalue weighted by Gasteiger charge is 2.25. The third-order valence-electron chi connectivity index (χ3n) is 4.50. The average Bonchev–Trinajstić information content (AvgIpc) is 3.04. The first kappa shape index (κ1) is 20.7. The number of Topliss-reactive ketones (excluding diaryl/α,β-unsaturated/α-hetero) is 1. The number of halogens is 2. The number of benzene rings is 3. The molecule has 0 spiro atoms. The second kappa shape index (κ2) is 9.06. The zero-order valence-corrected chi connectivity index (χ0v) is 18.6. The van der Waals surface area contributed by atoms with Gasteiger partial charge in [-0.3, -0.25) is 4.79 Å². The van der Waals surface area contributed by atoms with Crippen molar-refractivity contribution in [3.63, 3.8) is 0 Å². The van der Waals surface area contributed by atoms with E-state index in [0.717, 1.165) is 26.1 Å². The molecule has 0 bridgehead atoms. The first-order chi connectivity index (χ1) is 14.5. The van der Waals surface area contributed by atoms with Crippen molar-refractivity contribution in [2.45, 2.75) is 18.4 Å². The van der Waals surface area contributed by atoms with Crippen molar-refractivity contribution in [1.29, 1.82) is 0 Å². The highest BCUT2D eigenvalue weighted by atomic mass is 79.9. The van der Waals surface area contributed by atoms with E-state index in [1.807, 2.05) is 49.4 Å². The summed E-state index contributed by atoms with van der Waals surface area (Å²) in [5.74, 6) is 0.890. The summed E-state index contributed by atoms with van der Waals surface area (Å²) in [6.45, 7) is 2.65. The number of ether oxygens (including phenoxy) is 2. The largest absolute Gasteiger partial charge is 0.490 e. The van der Waals surface area contributed by atoms with E-state index in [4.69, 9.17) is 9.47 Å². The zero-order chi connectivity index (χ0) is 21.1. The summed E-state index contributed by atoms with van der Waals surface area (Å²) in [4.78, 5) is 14.3. The Hall–Kier alpha value is -2.57. The lowest BCUT2D eigenvalue weighted by atomic mass is 10.1. The van der Waals surface area contributed by atoms with E-state index in [9.17, 15) is 9.18 Å². The molecule has 3 nitrogen and oxygen atoms in total. The number of ketones is 1. The molecule has 152 valence electrons. The lowest BCUT2D eigenvalue weighted by Crippen LogP contribution is -2.01. The van der Waals surface area contributed by atoms with Crippen LogP contribution in [-0.2, 0) is 6.61 Å². The Kier molecular flexibility index (Phi) is 6.25. The van der Waals surface area contributed by atoms with Crippen LogP contribution in [0.1, 0.15) is 28.4 Å². The van der Waals surface area contributed by atoms with Crippen LogP contribution in [0.2, 0.25) is 0 Å². The van der Waals surface area contributed by atoms with Gasteiger partial charge in [0.1, 0.15) is 12.4 Å². The topological polar surface area (TPSA) is 35.5 Å². The summed E-state index contributed by atoms with van der Waals surface area (Å²) < 4.78 is 25.6. The van der Waals surface area contributed by atoms with Crippen LogP contribution in [0.15, 0.2) is 74.9 Å². The number of carbonyl (C=O) groups excluding carboxylic acids is 1. The number of fused-ring (bicyclic) bond motifs is 1. The predicted molar refractivity (Wildman–Crippen MR) is 121 cm³/mol. The maximum atomic E-state index is 13.1. The van der Waals surface area contributed by atoms with E-state index in [0.29, 0.717) is 23.0 Å². The first-order valence-electron chi connectivity index (χ1n) is 9.42. The fourth-order valence-electron chi connectivity index (χ4n) is 3.10. The lowest BCUT2D eigenvalue weighted by Gasteiger charge is -2.15. The van der Waals surface area contributed by atoms with E-state index in [2.05, 4.69) is 15.9 Å². The van der Waals surface area contributed by atoms with Gasteiger partial charge in [0.25, 0.3) is 0 Å². The highest BCUT2D eigenvalue weighted by molar-refractivity contribution is 9.10. The van der Waals surface area contributed by atoms with Crippen molar-refractivity contribution in [1.82, 2.24) is 0 Å². The molecule has 1 aliphatic heterocycles. The molecule has 3 aromatic rings. The standard InChI is InChI=1S/C24H18BrFO3S/c1-2-28-20-12-16(13-22-23(27)18-5-3-4-6-21(18)30-22)11-19(25)24(20)29-14-15-7-9-17(26)10-8-15/h3-13H,2,14H2,1H3/b22-13+. The molecule has 0 aromatic heterocycles. The lowest BCUT2D eigenvalue weighted by molar-refractivity contribution is 0.104. The normalized spacial score (nSPS) is 14.1. The number of hydrogen-bond donors (Lipinski definition) is 0. The Labute approximate surface area is 187 Å². The minimum Gasteiger partial charge on any atom is -0.490 e. The molecular weight excluding hydrogens is 467 g/mol. The van der Waals surface area contributed by atoms with Gasteiger partial charge in [-0.25, -0.2) is 4.39 Å². The molecule has 0 saturated carbocycles. The van der Waals surface area contributed by atoms with Crippen LogP contribution in [0.25, 0.3) is 6.08 Å². The van der Waals surface area contributed by atoms with Crippen molar-refractivity contribution in [3.05, 3.63) is 92.5 Å². The van der Waals surface area contributed by atoms with Crippen molar-refractivity contribution in [2.24, 2.45) is 0 Å². The molecule has 0 fully saturated rings. The summed E-state index contributed by atoms with van der Waals surface area (Å²) in [6.07, 6.45) is 1.87. The third-order valence-corrected chi connectivity index (χ3v) is 6.19. The van der Waals surface area contributed by atoms with Crippen LogP contribution in [0, 0.1) is 5.82 Å². The van der Waals surface area contributed by atoms with Gasteiger partial charge in [-0.05, 0) is 76.5 Å². The maximum Gasteiger partial charge on any atom is 0.200 e. The van der Waals surface area contributed by atoms with Gasteiger partial charge in [-0.15, -0.1) is 0 Å². The van der Waals surface area contributed by atoms with Crippen molar-refractivity contribution < 1.29 is 18.7 Å². The van der Waals surface area contributed by atoms with E-state index in [1.165, 1.54) is 23.9 Å². The van der Waals surface area contributed by atoms with Crippen LogP contribution in [0.4, 0.5) is 4.39 Å². The van der Waals surface area contributed by atoms with Crippen LogP contribution < -0.4 is 9.47 Å². The van der Waals surface area contributed by atoms with Crippen LogP contribution in [-0.4, -0.2) is 12.4 Å². The Balaban J connectivity index is 1.60.